The Balaban J connectivity index is 0. The predicted molar refractivity (Wildman–Crippen MR) is 57.0 cm³/mol. The molecular formula is C10H26N2. The van der Waals surface area contributed by atoms with Crippen LogP contribution in [-0.4, -0.2) is 11.6 Å². The first-order chi connectivity index (χ1) is 4.94. The lowest BCUT2D eigenvalue weighted by Gasteiger charge is -2.22. The number of hydrogen-bond acceptors (Lipinski definition) is 2. The summed E-state index contributed by atoms with van der Waals surface area (Å²) in [6, 6.07) is 0.299. The largest absolute Gasteiger partial charge is 0.327 e. The maximum atomic E-state index is 5.57. The van der Waals surface area contributed by atoms with Crippen LogP contribution in [0, 0.1) is 5.41 Å². The van der Waals surface area contributed by atoms with Gasteiger partial charge in [0.2, 0.25) is 0 Å². The molecule has 0 bridgehead atoms. The maximum absolute atomic E-state index is 5.57. The van der Waals surface area contributed by atoms with Crippen molar-refractivity contribution in [3.63, 3.8) is 0 Å². The Hall–Kier alpha value is -0.0800. The molecule has 76 valence electrons. The summed E-state index contributed by atoms with van der Waals surface area (Å²) in [7, 11) is 0. The Morgan fingerprint density at radius 2 is 1.00 bits per heavy atom. The van der Waals surface area contributed by atoms with Gasteiger partial charge in [-0.25, -0.2) is 0 Å². The van der Waals surface area contributed by atoms with Gasteiger partial charge in [0.15, 0.2) is 0 Å². The van der Waals surface area contributed by atoms with Gasteiger partial charge >= 0.3 is 0 Å². The van der Waals surface area contributed by atoms with Gasteiger partial charge in [-0.1, -0.05) is 20.8 Å². The summed E-state index contributed by atoms with van der Waals surface area (Å²) in [5.74, 6) is 0. The van der Waals surface area contributed by atoms with Crippen molar-refractivity contribution >= 4 is 0 Å². The summed E-state index contributed by atoms with van der Waals surface area (Å²) in [6.07, 6.45) is 0. The molecular weight excluding hydrogens is 148 g/mol. The zero-order chi connectivity index (χ0) is 10.6. The minimum Gasteiger partial charge on any atom is -0.327 e. The monoisotopic (exact) mass is 174 g/mol. The third-order valence-electron chi connectivity index (χ3n) is 1.37. The lowest BCUT2D eigenvalue weighted by molar-refractivity contribution is 0.340. The molecule has 0 amide bonds. The quantitative estimate of drug-likeness (QED) is 0.591. The van der Waals surface area contributed by atoms with Crippen LogP contribution >= 0.6 is 0 Å². The molecule has 0 saturated heterocycles. The van der Waals surface area contributed by atoms with Gasteiger partial charge in [0, 0.05) is 11.6 Å². The Morgan fingerprint density at radius 1 is 0.917 bits per heavy atom. The molecule has 1 atom stereocenters. The van der Waals surface area contributed by atoms with Crippen molar-refractivity contribution in [3.8, 4) is 0 Å². The van der Waals surface area contributed by atoms with Crippen LogP contribution < -0.4 is 11.5 Å². The highest BCUT2D eigenvalue weighted by Crippen LogP contribution is 2.15. The van der Waals surface area contributed by atoms with Crippen molar-refractivity contribution in [2.45, 2.75) is 60.0 Å². The fourth-order valence-electron chi connectivity index (χ4n) is 0. The van der Waals surface area contributed by atoms with E-state index in [1.807, 2.05) is 27.7 Å². The summed E-state index contributed by atoms with van der Waals surface area (Å²) in [5, 5.41) is 0. The molecule has 0 spiro atoms. The van der Waals surface area contributed by atoms with Crippen LogP contribution in [0.4, 0.5) is 0 Å². The van der Waals surface area contributed by atoms with E-state index in [1.165, 1.54) is 0 Å². The number of rotatable bonds is 0. The summed E-state index contributed by atoms with van der Waals surface area (Å²) in [6.45, 7) is 14.3. The minimum absolute atomic E-state index is 0. The van der Waals surface area contributed by atoms with E-state index in [-0.39, 0.29) is 11.0 Å². The predicted octanol–water partition coefficient (Wildman–Crippen LogP) is 2.12. The maximum Gasteiger partial charge on any atom is 0.00686 e. The van der Waals surface area contributed by atoms with Crippen LogP contribution in [0.3, 0.4) is 0 Å². The lowest BCUT2D eigenvalue weighted by Crippen LogP contribution is -2.31. The van der Waals surface area contributed by atoms with Crippen molar-refractivity contribution in [2.75, 3.05) is 0 Å². The highest BCUT2D eigenvalue weighted by atomic mass is 14.7. The fourth-order valence-corrected chi connectivity index (χ4v) is 0. The van der Waals surface area contributed by atoms with Gasteiger partial charge in [-0.2, -0.15) is 0 Å². The molecule has 0 saturated carbocycles. The van der Waals surface area contributed by atoms with Crippen molar-refractivity contribution in [1.82, 2.24) is 0 Å². The Bertz CT molecular complexity index is 98.0. The molecule has 12 heavy (non-hydrogen) atoms. The number of nitrogens with two attached hydrogens (primary N) is 2. The second-order valence-corrected chi connectivity index (χ2v) is 5.52. The van der Waals surface area contributed by atoms with Crippen LogP contribution in [0.1, 0.15) is 48.5 Å². The highest BCUT2D eigenvalue weighted by Gasteiger charge is 2.14. The van der Waals surface area contributed by atoms with E-state index < -0.39 is 0 Å². The molecule has 2 heteroatoms. The Morgan fingerprint density at radius 3 is 1.00 bits per heavy atom. The molecule has 0 aromatic carbocycles. The summed E-state index contributed by atoms with van der Waals surface area (Å²) >= 11 is 0. The zero-order valence-corrected chi connectivity index (χ0v) is 9.73. The molecule has 4 N–H and O–H groups in total. The van der Waals surface area contributed by atoms with E-state index in [2.05, 4.69) is 20.8 Å². The third kappa shape index (κ3) is 22.5. The van der Waals surface area contributed by atoms with Crippen molar-refractivity contribution in [2.24, 2.45) is 16.9 Å². The van der Waals surface area contributed by atoms with E-state index in [4.69, 9.17) is 11.5 Å². The van der Waals surface area contributed by atoms with Crippen LogP contribution in [0.2, 0.25) is 0 Å². The van der Waals surface area contributed by atoms with Crippen LogP contribution in [0.25, 0.3) is 0 Å². The van der Waals surface area contributed by atoms with Gasteiger partial charge in [-0.3, -0.25) is 0 Å². The van der Waals surface area contributed by atoms with Gasteiger partial charge in [0.1, 0.15) is 0 Å². The van der Waals surface area contributed by atoms with Gasteiger partial charge in [0.25, 0.3) is 0 Å². The summed E-state index contributed by atoms with van der Waals surface area (Å²) in [4.78, 5) is 0. The van der Waals surface area contributed by atoms with Crippen molar-refractivity contribution in [1.29, 1.82) is 0 Å². The average molecular weight is 174 g/mol. The molecule has 1 unspecified atom stereocenters. The molecule has 0 aromatic rings. The van der Waals surface area contributed by atoms with E-state index in [9.17, 15) is 0 Å². The smallest absolute Gasteiger partial charge is 0.00686 e. The Labute approximate surface area is 77.7 Å². The number of hydrogen-bond donors (Lipinski definition) is 2. The van der Waals surface area contributed by atoms with Crippen LogP contribution in [-0.2, 0) is 0 Å². The van der Waals surface area contributed by atoms with E-state index in [1.54, 1.807) is 0 Å². The highest BCUT2D eigenvalue weighted by molar-refractivity contribution is 4.70. The van der Waals surface area contributed by atoms with Gasteiger partial charge in [0.05, 0.1) is 0 Å². The lowest BCUT2D eigenvalue weighted by atomic mass is 9.89. The second-order valence-electron chi connectivity index (χ2n) is 5.52. The molecule has 0 aliphatic rings. The SMILES string of the molecule is CC(C)(C)N.CC(N)C(C)(C)C. The van der Waals surface area contributed by atoms with Gasteiger partial charge in [-0.05, 0) is 33.1 Å². The van der Waals surface area contributed by atoms with Crippen molar-refractivity contribution < 1.29 is 0 Å². The molecule has 0 aliphatic heterocycles. The molecule has 0 aromatic heterocycles. The van der Waals surface area contributed by atoms with Crippen LogP contribution in [0.15, 0.2) is 0 Å². The molecule has 0 fully saturated rings. The average Bonchev–Trinajstić information content (AvgIpc) is 1.55. The second kappa shape index (κ2) is 4.83. The van der Waals surface area contributed by atoms with Crippen molar-refractivity contribution in [3.05, 3.63) is 0 Å². The minimum atomic E-state index is 0. The van der Waals surface area contributed by atoms with E-state index >= 15 is 0 Å². The third-order valence-corrected chi connectivity index (χ3v) is 1.37. The fraction of sp³-hybridized carbons (Fsp3) is 1.00. The molecule has 0 radical (unpaired) electrons. The molecule has 0 heterocycles. The topological polar surface area (TPSA) is 52.0 Å². The van der Waals surface area contributed by atoms with Gasteiger partial charge < -0.3 is 11.5 Å². The zero-order valence-electron chi connectivity index (χ0n) is 9.73. The van der Waals surface area contributed by atoms with Gasteiger partial charge in [-0.15, -0.1) is 0 Å². The first-order valence-corrected chi connectivity index (χ1v) is 4.49. The Kier molecular flexibility index (Phi) is 5.81. The summed E-state index contributed by atoms with van der Waals surface area (Å²) < 4.78 is 0. The van der Waals surface area contributed by atoms with E-state index in [0.717, 1.165) is 0 Å². The van der Waals surface area contributed by atoms with Crippen LogP contribution in [0.5, 0.6) is 0 Å². The van der Waals surface area contributed by atoms with E-state index in [0.29, 0.717) is 6.04 Å². The first-order valence-electron chi connectivity index (χ1n) is 4.49. The summed E-state index contributed by atoms with van der Waals surface area (Å²) in [5.41, 5.74) is 11.2. The first kappa shape index (κ1) is 14.4. The normalized spacial score (nSPS) is 14.8. The standard InChI is InChI=1S/C6H15N.C4H11N/c1-5(7)6(2,3)4;1-4(2,3)5/h5H,7H2,1-4H3;5H2,1-3H3. The molecule has 0 rings (SSSR count). The molecule has 2 nitrogen and oxygen atoms in total. The molecule has 0 aliphatic carbocycles.